The second kappa shape index (κ2) is 6.90. The molecule has 103 valence electrons. The van der Waals surface area contributed by atoms with Crippen molar-refractivity contribution in [1.29, 1.82) is 0 Å². The zero-order valence-electron chi connectivity index (χ0n) is 11.3. The molecule has 0 aliphatic heterocycles. The summed E-state index contributed by atoms with van der Waals surface area (Å²) in [5.74, 6) is 0. The molecule has 4 rings (SSSR count). The van der Waals surface area contributed by atoms with Crippen LogP contribution < -0.4 is 34.0 Å². The molecule has 0 heterocycles. The van der Waals surface area contributed by atoms with Crippen LogP contribution in [0.1, 0.15) is 26.7 Å². The molecule has 0 spiro atoms. The van der Waals surface area contributed by atoms with E-state index in [2.05, 4.69) is 60.7 Å². The predicted octanol–water partition coefficient (Wildman–Crippen LogP) is -1.35. The molecule has 0 bridgehead atoms. The molecule has 0 aromatic heterocycles. The summed E-state index contributed by atoms with van der Waals surface area (Å²) in [5, 5.41) is 0. The second-order valence-electron chi connectivity index (χ2n) is 5.11. The van der Waals surface area contributed by atoms with Gasteiger partial charge in [0.1, 0.15) is 0 Å². The molecule has 2 aliphatic rings. The Balaban J connectivity index is 0.000000807. The average molecular weight is 480 g/mol. The monoisotopic (exact) mass is 477 g/mol. The molecule has 21 heavy (non-hydrogen) atoms. The summed E-state index contributed by atoms with van der Waals surface area (Å²) in [6.07, 6.45) is 7.76. The third kappa shape index (κ3) is 2.73. The van der Waals surface area contributed by atoms with Gasteiger partial charge in [0.15, 0.2) is 0 Å². The van der Waals surface area contributed by atoms with Crippen molar-refractivity contribution in [3.05, 3.63) is 77.4 Å². The molecule has 3 heteroatoms. The maximum absolute atomic E-state index is 2.29. The van der Waals surface area contributed by atoms with E-state index in [1.165, 1.54) is 27.8 Å². The van der Waals surface area contributed by atoms with Crippen molar-refractivity contribution < 1.29 is 58.7 Å². The Kier molecular flexibility index (Phi) is 5.62. The number of halogens is 2. The predicted molar refractivity (Wildman–Crippen MR) is 75.5 cm³/mol. The van der Waals surface area contributed by atoms with E-state index in [0.717, 1.165) is 6.42 Å². The summed E-state index contributed by atoms with van der Waals surface area (Å²) in [4.78, 5) is 0. The van der Waals surface area contributed by atoms with Crippen LogP contribution in [-0.4, -0.2) is 0 Å². The quantitative estimate of drug-likeness (QED) is 0.474. The number of allylic oxidation sites excluding steroid dienone is 4. The molecule has 2 aliphatic carbocycles. The third-order valence-electron chi connectivity index (χ3n) is 4.07. The Morgan fingerprint density at radius 1 is 0.857 bits per heavy atom. The number of benzene rings is 2. The molecule has 0 amide bonds. The van der Waals surface area contributed by atoms with E-state index in [-0.39, 0.29) is 34.0 Å². The van der Waals surface area contributed by atoms with E-state index >= 15 is 0 Å². The standard InChI is InChI=1S/C18H13.2BrH.Zr/c1-2-7-13(6-1)15-10-5-11-17-16-9-4-3-8-14(16)12-18(15)17;;;/h1-6,8-12H,7H2;2*1H;/q;;;+2/p-2. The van der Waals surface area contributed by atoms with E-state index in [9.17, 15) is 0 Å². The van der Waals surface area contributed by atoms with Crippen LogP contribution in [-0.2, 0) is 24.7 Å². The molecule has 2 aromatic carbocycles. The maximum atomic E-state index is 2.29. The van der Waals surface area contributed by atoms with Crippen LogP contribution in [0.2, 0.25) is 0 Å². The van der Waals surface area contributed by atoms with Crippen molar-refractivity contribution >= 4 is 5.57 Å². The first-order valence-electron chi connectivity index (χ1n) is 6.65. The van der Waals surface area contributed by atoms with Crippen molar-refractivity contribution in [2.75, 3.05) is 0 Å². The summed E-state index contributed by atoms with van der Waals surface area (Å²) >= 11 is 1.58. The van der Waals surface area contributed by atoms with Gasteiger partial charge in [0.2, 0.25) is 0 Å². The molecule has 0 saturated heterocycles. The molecule has 1 unspecified atom stereocenters. The first-order valence-corrected chi connectivity index (χ1v) is 8.07. The zero-order chi connectivity index (χ0) is 12.8. The second-order valence-corrected chi connectivity index (χ2v) is 6.53. The third-order valence-corrected chi connectivity index (χ3v) is 5.55. The molecular formula is C18H13Br2Zr. The van der Waals surface area contributed by atoms with Crippen LogP contribution >= 0.6 is 0 Å². The van der Waals surface area contributed by atoms with Gasteiger partial charge in [-0.15, -0.1) is 0 Å². The topological polar surface area (TPSA) is 0 Å². The fraction of sp³-hybridized carbons (Fsp3) is 0.111. The SMILES string of the molecule is [Br-].[Br-].[Zr+2][CH]1c2ccccc2-c2cccc(C3=CC=CC3)c21. The van der Waals surface area contributed by atoms with Gasteiger partial charge in [0, 0.05) is 0 Å². The van der Waals surface area contributed by atoms with E-state index in [1.807, 2.05) is 0 Å². The normalized spacial score (nSPS) is 17.4. The molecule has 1 atom stereocenters. The Hall–Kier alpha value is -0.237. The fourth-order valence-electron chi connectivity index (χ4n) is 3.19. The fourth-order valence-corrected chi connectivity index (χ4v) is 4.57. The van der Waals surface area contributed by atoms with E-state index in [4.69, 9.17) is 0 Å². The molecule has 0 fully saturated rings. The average Bonchev–Trinajstić information content (AvgIpc) is 3.08. The molecule has 0 saturated carbocycles. The number of fused-ring (bicyclic) bond motifs is 3. The zero-order valence-corrected chi connectivity index (χ0v) is 16.9. The van der Waals surface area contributed by atoms with Gasteiger partial charge in [-0.05, 0) is 0 Å². The molecular weight excluding hydrogens is 467 g/mol. The molecule has 0 N–H and O–H groups in total. The number of hydrogen-bond acceptors (Lipinski definition) is 0. The molecule has 0 nitrogen and oxygen atoms in total. The summed E-state index contributed by atoms with van der Waals surface area (Å²) in [6, 6.07) is 15.7. The molecule has 0 radical (unpaired) electrons. The van der Waals surface area contributed by atoms with Crippen LogP contribution in [0.5, 0.6) is 0 Å². The van der Waals surface area contributed by atoms with Gasteiger partial charge >= 0.3 is 129 Å². The summed E-state index contributed by atoms with van der Waals surface area (Å²) in [6.45, 7) is 0. The van der Waals surface area contributed by atoms with E-state index in [1.54, 1.807) is 30.3 Å². The van der Waals surface area contributed by atoms with Gasteiger partial charge < -0.3 is 34.0 Å². The van der Waals surface area contributed by atoms with Crippen molar-refractivity contribution in [3.8, 4) is 11.1 Å². The number of rotatable bonds is 1. The van der Waals surface area contributed by atoms with Crippen LogP contribution in [0.15, 0.2) is 60.7 Å². The number of hydrogen-bond donors (Lipinski definition) is 0. The Labute approximate surface area is 161 Å². The van der Waals surface area contributed by atoms with Crippen molar-refractivity contribution in [3.63, 3.8) is 0 Å². The minimum atomic E-state index is 0. The van der Waals surface area contributed by atoms with Gasteiger partial charge in [0.25, 0.3) is 0 Å². The van der Waals surface area contributed by atoms with Gasteiger partial charge in [0.05, 0.1) is 0 Å². The first kappa shape index (κ1) is 17.1. The van der Waals surface area contributed by atoms with Gasteiger partial charge in [-0.25, -0.2) is 0 Å². The van der Waals surface area contributed by atoms with E-state index in [0.29, 0.717) is 3.63 Å². The van der Waals surface area contributed by atoms with Crippen LogP contribution in [0, 0.1) is 0 Å². The summed E-state index contributed by atoms with van der Waals surface area (Å²) in [5.41, 5.74) is 8.87. The summed E-state index contributed by atoms with van der Waals surface area (Å²) < 4.78 is 0.594. The van der Waals surface area contributed by atoms with Crippen molar-refractivity contribution in [1.82, 2.24) is 0 Å². The summed E-state index contributed by atoms with van der Waals surface area (Å²) in [7, 11) is 0. The Morgan fingerprint density at radius 3 is 2.33 bits per heavy atom. The van der Waals surface area contributed by atoms with Gasteiger partial charge in [-0.3, -0.25) is 0 Å². The Morgan fingerprint density at radius 2 is 1.57 bits per heavy atom. The minimum absolute atomic E-state index is 0. The Bertz CT molecular complexity index is 732. The van der Waals surface area contributed by atoms with Crippen molar-refractivity contribution in [2.45, 2.75) is 10.0 Å². The van der Waals surface area contributed by atoms with E-state index < -0.39 is 0 Å². The van der Waals surface area contributed by atoms with Gasteiger partial charge in [-0.1, -0.05) is 0 Å². The van der Waals surface area contributed by atoms with Gasteiger partial charge in [-0.2, -0.15) is 0 Å². The van der Waals surface area contributed by atoms with Crippen LogP contribution in [0.4, 0.5) is 0 Å². The molecule has 2 aromatic rings. The first-order chi connectivity index (χ1) is 9.36. The van der Waals surface area contributed by atoms with Crippen LogP contribution in [0.25, 0.3) is 16.7 Å². The van der Waals surface area contributed by atoms with Crippen molar-refractivity contribution in [2.24, 2.45) is 0 Å². The van der Waals surface area contributed by atoms with Crippen LogP contribution in [0.3, 0.4) is 0 Å².